The lowest BCUT2D eigenvalue weighted by Crippen LogP contribution is -2.26. The van der Waals surface area contributed by atoms with E-state index in [1.807, 2.05) is 41.9 Å². The first-order chi connectivity index (χ1) is 13.6. The van der Waals surface area contributed by atoms with E-state index in [9.17, 15) is 4.79 Å². The zero-order chi connectivity index (χ0) is 19.5. The second-order valence-corrected chi connectivity index (χ2v) is 7.43. The highest BCUT2D eigenvalue weighted by Crippen LogP contribution is 2.25. The summed E-state index contributed by atoms with van der Waals surface area (Å²) in [6.07, 6.45) is 7.63. The van der Waals surface area contributed by atoms with Gasteiger partial charge in [-0.15, -0.1) is 0 Å². The normalized spacial score (nSPS) is 14.3. The van der Waals surface area contributed by atoms with E-state index in [1.165, 1.54) is 24.1 Å². The molecule has 1 saturated heterocycles. The number of hydrogen-bond donors (Lipinski definition) is 0. The molecule has 1 aliphatic rings. The molecular formula is C22H23ClN4O. The Morgan fingerprint density at radius 1 is 1.18 bits per heavy atom. The van der Waals surface area contributed by atoms with Crippen LogP contribution in [0.5, 0.6) is 0 Å². The van der Waals surface area contributed by atoms with E-state index in [-0.39, 0.29) is 5.91 Å². The summed E-state index contributed by atoms with van der Waals surface area (Å²) in [6.45, 7) is 2.74. The van der Waals surface area contributed by atoms with E-state index in [0.717, 1.165) is 18.7 Å². The molecule has 1 aromatic carbocycles. The fourth-order valence-electron chi connectivity index (χ4n) is 3.66. The molecule has 0 saturated carbocycles. The second kappa shape index (κ2) is 8.07. The van der Waals surface area contributed by atoms with E-state index in [0.29, 0.717) is 17.4 Å². The van der Waals surface area contributed by atoms with Crippen molar-refractivity contribution < 1.29 is 4.79 Å². The average molecular weight is 395 g/mol. The quantitative estimate of drug-likeness (QED) is 0.607. The molecule has 2 aromatic heterocycles. The van der Waals surface area contributed by atoms with Crippen LogP contribution in [0.2, 0.25) is 5.15 Å². The van der Waals surface area contributed by atoms with Crippen LogP contribution in [0.1, 0.15) is 24.1 Å². The highest BCUT2D eigenvalue weighted by Gasteiger charge is 2.17. The predicted octanol–water partition coefficient (Wildman–Crippen LogP) is 4.26. The molecule has 3 heterocycles. The molecule has 0 N–H and O–H groups in total. The minimum absolute atomic E-state index is 0.0711. The molecule has 0 bridgehead atoms. The molecule has 1 amide bonds. The number of imidazole rings is 1. The minimum Gasteiger partial charge on any atom is -0.371 e. The van der Waals surface area contributed by atoms with E-state index in [4.69, 9.17) is 11.6 Å². The van der Waals surface area contributed by atoms with Crippen LogP contribution in [0, 0.1) is 0 Å². The van der Waals surface area contributed by atoms with Crippen LogP contribution >= 0.6 is 11.6 Å². The van der Waals surface area contributed by atoms with Gasteiger partial charge in [0, 0.05) is 44.6 Å². The zero-order valence-corrected chi connectivity index (χ0v) is 16.6. The van der Waals surface area contributed by atoms with Crippen LogP contribution in [0.3, 0.4) is 0 Å². The monoisotopic (exact) mass is 394 g/mol. The van der Waals surface area contributed by atoms with Gasteiger partial charge in [-0.2, -0.15) is 0 Å². The summed E-state index contributed by atoms with van der Waals surface area (Å²) in [5, 5.41) is 0.386. The Morgan fingerprint density at radius 3 is 2.75 bits per heavy atom. The Labute approximate surface area is 169 Å². The van der Waals surface area contributed by atoms with E-state index in [1.54, 1.807) is 17.1 Å². The number of fused-ring (bicyclic) bond motifs is 1. The van der Waals surface area contributed by atoms with Crippen LogP contribution in [0.4, 0.5) is 5.69 Å². The third-order valence-electron chi connectivity index (χ3n) is 5.13. The molecule has 4 rings (SSSR count). The summed E-state index contributed by atoms with van der Waals surface area (Å²) in [7, 11) is 1.82. The lowest BCUT2D eigenvalue weighted by molar-refractivity contribution is -0.125. The molecule has 0 unspecified atom stereocenters. The van der Waals surface area contributed by atoms with Gasteiger partial charge < -0.3 is 9.80 Å². The van der Waals surface area contributed by atoms with Gasteiger partial charge in [-0.1, -0.05) is 35.9 Å². The number of halogens is 1. The number of carbonyl (C=O) groups is 1. The zero-order valence-electron chi connectivity index (χ0n) is 15.9. The van der Waals surface area contributed by atoms with Gasteiger partial charge in [0.2, 0.25) is 5.91 Å². The topological polar surface area (TPSA) is 40.8 Å². The molecule has 6 heteroatoms. The van der Waals surface area contributed by atoms with E-state index in [2.05, 4.69) is 28.1 Å². The Bertz CT molecular complexity index is 1020. The van der Waals surface area contributed by atoms with Crippen LogP contribution in [0.25, 0.3) is 11.7 Å². The number of pyridine rings is 1. The SMILES string of the molecule is CN(Cc1ccccc1N1CCCC1)C(=O)C=Cc1c(Cl)nc2ccccn12. The number of hydrogen-bond acceptors (Lipinski definition) is 3. The summed E-state index contributed by atoms with van der Waals surface area (Å²) in [5.74, 6) is -0.0711. The fourth-order valence-corrected chi connectivity index (χ4v) is 3.90. The van der Waals surface area contributed by atoms with Crippen molar-refractivity contribution in [3.63, 3.8) is 0 Å². The van der Waals surface area contributed by atoms with Crippen molar-refractivity contribution in [2.45, 2.75) is 19.4 Å². The number of rotatable bonds is 5. The summed E-state index contributed by atoms with van der Waals surface area (Å²) < 4.78 is 1.87. The van der Waals surface area contributed by atoms with Crippen molar-refractivity contribution in [3.05, 3.63) is 71.1 Å². The largest absolute Gasteiger partial charge is 0.371 e. The number of aromatic nitrogens is 2. The number of anilines is 1. The first-order valence-electron chi connectivity index (χ1n) is 9.52. The maximum absolute atomic E-state index is 12.7. The third-order valence-corrected chi connectivity index (χ3v) is 5.41. The number of benzene rings is 1. The molecule has 0 radical (unpaired) electrons. The number of para-hydroxylation sites is 1. The van der Waals surface area contributed by atoms with Gasteiger partial charge in [0.05, 0.1) is 5.69 Å². The van der Waals surface area contributed by atoms with Gasteiger partial charge in [0.1, 0.15) is 5.65 Å². The third kappa shape index (κ3) is 3.76. The molecule has 28 heavy (non-hydrogen) atoms. The van der Waals surface area contributed by atoms with E-state index < -0.39 is 0 Å². The number of likely N-dealkylation sites (N-methyl/N-ethyl adjacent to an activating group) is 1. The Kier molecular flexibility index (Phi) is 5.35. The second-order valence-electron chi connectivity index (χ2n) is 7.07. The highest BCUT2D eigenvalue weighted by atomic mass is 35.5. The first-order valence-corrected chi connectivity index (χ1v) is 9.90. The molecule has 5 nitrogen and oxygen atoms in total. The number of amides is 1. The summed E-state index contributed by atoms with van der Waals surface area (Å²) in [6, 6.07) is 14.0. The Morgan fingerprint density at radius 2 is 1.93 bits per heavy atom. The van der Waals surface area contributed by atoms with Crippen molar-refractivity contribution in [2.75, 3.05) is 25.0 Å². The van der Waals surface area contributed by atoms with E-state index >= 15 is 0 Å². The van der Waals surface area contributed by atoms with Crippen LogP contribution in [-0.4, -0.2) is 40.3 Å². The average Bonchev–Trinajstić information content (AvgIpc) is 3.34. The molecule has 1 aliphatic heterocycles. The molecule has 144 valence electrons. The van der Waals surface area contributed by atoms with Crippen molar-refractivity contribution in [2.24, 2.45) is 0 Å². The molecule has 0 atom stereocenters. The van der Waals surface area contributed by atoms with Crippen LogP contribution in [0.15, 0.2) is 54.7 Å². The summed E-state index contributed by atoms with van der Waals surface area (Å²) >= 11 is 6.24. The Hall–Kier alpha value is -2.79. The molecular weight excluding hydrogens is 372 g/mol. The molecule has 3 aromatic rings. The predicted molar refractivity (Wildman–Crippen MR) is 114 cm³/mol. The molecule has 0 aliphatic carbocycles. The number of nitrogens with zero attached hydrogens (tertiary/aromatic N) is 4. The van der Waals surface area contributed by atoms with Gasteiger partial charge in [-0.3, -0.25) is 9.20 Å². The van der Waals surface area contributed by atoms with Gasteiger partial charge >= 0.3 is 0 Å². The van der Waals surface area contributed by atoms with Gasteiger partial charge in [0.15, 0.2) is 5.15 Å². The smallest absolute Gasteiger partial charge is 0.246 e. The lowest BCUT2D eigenvalue weighted by atomic mass is 10.1. The molecule has 0 spiro atoms. The summed E-state index contributed by atoms with van der Waals surface area (Å²) in [5.41, 5.74) is 3.86. The van der Waals surface area contributed by atoms with Gasteiger partial charge in [-0.05, 0) is 42.7 Å². The van der Waals surface area contributed by atoms with Crippen molar-refractivity contribution >= 4 is 34.9 Å². The lowest BCUT2D eigenvalue weighted by Gasteiger charge is -2.24. The first kappa shape index (κ1) is 18.6. The van der Waals surface area contributed by atoms with Gasteiger partial charge in [-0.25, -0.2) is 4.98 Å². The highest BCUT2D eigenvalue weighted by molar-refractivity contribution is 6.31. The Balaban J connectivity index is 1.50. The van der Waals surface area contributed by atoms with Crippen LogP contribution < -0.4 is 4.90 Å². The summed E-state index contributed by atoms with van der Waals surface area (Å²) in [4.78, 5) is 21.1. The maximum Gasteiger partial charge on any atom is 0.246 e. The minimum atomic E-state index is -0.0711. The number of carbonyl (C=O) groups excluding carboxylic acids is 1. The van der Waals surface area contributed by atoms with Crippen molar-refractivity contribution in [3.8, 4) is 0 Å². The maximum atomic E-state index is 12.7. The molecule has 1 fully saturated rings. The van der Waals surface area contributed by atoms with Crippen molar-refractivity contribution in [1.29, 1.82) is 0 Å². The van der Waals surface area contributed by atoms with Gasteiger partial charge in [0.25, 0.3) is 0 Å². The van der Waals surface area contributed by atoms with Crippen LogP contribution in [-0.2, 0) is 11.3 Å². The standard InChI is InChI=1S/C22H23ClN4O/c1-25(16-17-8-2-3-9-18(17)26-13-6-7-14-26)21(28)12-11-19-22(23)24-20-10-4-5-15-27(19)20/h2-5,8-12,15H,6-7,13-14,16H2,1H3. The fraction of sp³-hybridized carbons (Fsp3) is 0.273. The van der Waals surface area contributed by atoms with Crippen molar-refractivity contribution in [1.82, 2.24) is 14.3 Å².